The van der Waals surface area contributed by atoms with Crippen molar-refractivity contribution in [2.75, 3.05) is 5.32 Å². The van der Waals surface area contributed by atoms with Gasteiger partial charge >= 0.3 is 0 Å². The summed E-state index contributed by atoms with van der Waals surface area (Å²) in [5.41, 5.74) is 5.14. The van der Waals surface area contributed by atoms with Crippen LogP contribution in [0.2, 0.25) is 0 Å². The zero-order chi connectivity index (χ0) is 25.6. The standard InChI is InChI=1S/C25H29N9O2S/c1-34-11-9-20(33-34)15-23(36)28-25-32-31-24(37-25)17-6-5-16(12-17)13-19-7-8-21(30-29-19)27-22(35)14-18-4-2-3-10-26-18/h2-4,7-11,16-17,25,32H,5-6,12-15H2,1H3,(H,28,36)(H,27,30,35)/t16-,17+,25?/m1/s1. The summed E-state index contributed by atoms with van der Waals surface area (Å²) >= 11 is 1.58. The lowest BCUT2D eigenvalue weighted by atomic mass is 10.00. The molecule has 0 bridgehead atoms. The molecule has 12 heteroatoms. The number of nitrogens with one attached hydrogen (secondary N) is 3. The van der Waals surface area contributed by atoms with Crippen LogP contribution in [-0.4, -0.2) is 47.3 Å². The second kappa shape index (κ2) is 11.5. The zero-order valence-electron chi connectivity index (χ0n) is 20.5. The van der Waals surface area contributed by atoms with E-state index in [0.717, 1.165) is 42.1 Å². The van der Waals surface area contributed by atoms with E-state index in [4.69, 9.17) is 0 Å². The van der Waals surface area contributed by atoms with Crippen LogP contribution in [0.15, 0.2) is 53.9 Å². The number of hydrogen-bond acceptors (Lipinski definition) is 9. The summed E-state index contributed by atoms with van der Waals surface area (Å²) in [7, 11) is 1.83. The van der Waals surface area contributed by atoms with Gasteiger partial charge in [0.25, 0.3) is 0 Å². The molecule has 2 amide bonds. The maximum absolute atomic E-state index is 12.3. The summed E-state index contributed by atoms with van der Waals surface area (Å²) in [6, 6.07) is 11.0. The Morgan fingerprint density at radius 2 is 1.95 bits per heavy atom. The minimum absolute atomic E-state index is 0.0839. The molecule has 3 N–H and O–H groups in total. The van der Waals surface area contributed by atoms with Gasteiger partial charge in [0.05, 0.1) is 24.2 Å². The van der Waals surface area contributed by atoms with Crippen LogP contribution >= 0.6 is 11.8 Å². The van der Waals surface area contributed by atoms with Gasteiger partial charge in [0.2, 0.25) is 11.8 Å². The number of thioether (sulfide) groups is 1. The lowest BCUT2D eigenvalue weighted by Gasteiger charge is -2.13. The summed E-state index contributed by atoms with van der Waals surface area (Å²) < 4.78 is 1.69. The molecule has 5 rings (SSSR count). The van der Waals surface area contributed by atoms with Crippen LogP contribution in [0.5, 0.6) is 0 Å². The second-order valence-electron chi connectivity index (χ2n) is 9.34. The first-order valence-corrected chi connectivity index (χ1v) is 13.2. The minimum Gasteiger partial charge on any atom is -0.326 e. The molecule has 1 saturated carbocycles. The van der Waals surface area contributed by atoms with Crippen molar-refractivity contribution in [3.8, 4) is 0 Å². The Balaban J connectivity index is 1.04. The monoisotopic (exact) mass is 519 g/mol. The highest BCUT2D eigenvalue weighted by molar-refractivity contribution is 8.14. The Morgan fingerprint density at radius 1 is 1.05 bits per heavy atom. The Hall–Kier alpha value is -3.80. The molecule has 3 aromatic rings. The van der Waals surface area contributed by atoms with Crippen LogP contribution < -0.4 is 16.1 Å². The van der Waals surface area contributed by atoms with Gasteiger partial charge in [-0.2, -0.15) is 15.3 Å². The smallest absolute Gasteiger partial charge is 0.231 e. The Bertz CT molecular complexity index is 1260. The quantitative estimate of drug-likeness (QED) is 0.390. The van der Waals surface area contributed by atoms with Crippen LogP contribution in [0.4, 0.5) is 5.82 Å². The van der Waals surface area contributed by atoms with Gasteiger partial charge in [0.15, 0.2) is 11.3 Å². The van der Waals surface area contributed by atoms with E-state index in [1.807, 2.05) is 43.6 Å². The molecule has 3 aromatic heterocycles. The van der Waals surface area contributed by atoms with Gasteiger partial charge in [-0.25, -0.2) is 0 Å². The van der Waals surface area contributed by atoms with Gasteiger partial charge in [0.1, 0.15) is 5.04 Å². The van der Waals surface area contributed by atoms with Crippen molar-refractivity contribution in [2.45, 2.75) is 44.0 Å². The predicted octanol–water partition coefficient (Wildman–Crippen LogP) is 2.04. The summed E-state index contributed by atoms with van der Waals surface area (Å²) in [5, 5.41) is 24.0. The molecule has 37 heavy (non-hydrogen) atoms. The van der Waals surface area contributed by atoms with Crippen molar-refractivity contribution < 1.29 is 9.59 Å². The normalized spacial score (nSPS) is 20.8. The van der Waals surface area contributed by atoms with Gasteiger partial charge in [0, 0.05) is 31.1 Å². The highest BCUT2D eigenvalue weighted by Crippen LogP contribution is 2.38. The van der Waals surface area contributed by atoms with Gasteiger partial charge in [-0.15, -0.1) is 5.10 Å². The van der Waals surface area contributed by atoms with E-state index < -0.39 is 0 Å². The molecule has 1 aliphatic carbocycles. The lowest BCUT2D eigenvalue weighted by Crippen LogP contribution is -2.39. The van der Waals surface area contributed by atoms with Gasteiger partial charge in [-0.05, 0) is 61.9 Å². The first-order chi connectivity index (χ1) is 18.0. The molecule has 1 fully saturated rings. The van der Waals surface area contributed by atoms with Crippen molar-refractivity contribution in [3.63, 3.8) is 0 Å². The number of anilines is 1. The summed E-state index contributed by atoms with van der Waals surface area (Å²) in [6.07, 6.45) is 7.93. The molecule has 0 aromatic carbocycles. The molecule has 0 spiro atoms. The summed E-state index contributed by atoms with van der Waals surface area (Å²) in [6.45, 7) is 0. The Kier molecular flexibility index (Phi) is 7.73. The van der Waals surface area contributed by atoms with Gasteiger partial charge in [-0.1, -0.05) is 17.8 Å². The predicted molar refractivity (Wildman–Crippen MR) is 140 cm³/mol. The largest absolute Gasteiger partial charge is 0.326 e. The Labute approximate surface area is 218 Å². The van der Waals surface area contributed by atoms with E-state index in [1.54, 1.807) is 28.7 Å². The molecule has 1 aliphatic heterocycles. The molecule has 4 heterocycles. The molecule has 0 radical (unpaired) electrons. The Morgan fingerprint density at radius 3 is 2.70 bits per heavy atom. The average Bonchev–Trinajstić information content (AvgIpc) is 3.63. The third kappa shape index (κ3) is 6.91. The van der Waals surface area contributed by atoms with Crippen LogP contribution in [0, 0.1) is 11.8 Å². The molecule has 1 unspecified atom stereocenters. The van der Waals surface area contributed by atoms with E-state index in [2.05, 4.69) is 41.4 Å². The lowest BCUT2D eigenvalue weighted by molar-refractivity contribution is -0.120. The van der Waals surface area contributed by atoms with Crippen LogP contribution in [0.3, 0.4) is 0 Å². The molecular weight excluding hydrogens is 490 g/mol. The molecule has 2 aliphatic rings. The number of amides is 2. The maximum Gasteiger partial charge on any atom is 0.231 e. The fraction of sp³-hybridized carbons (Fsp3) is 0.400. The molecule has 192 valence electrons. The zero-order valence-corrected chi connectivity index (χ0v) is 21.3. The van der Waals surface area contributed by atoms with E-state index in [9.17, 15) is 9.59 Å². The van der Waals surface area contributed by atoms with Crippen molar-refractivity contribution in [2.24, 2.45) is 24.0 Å². The summed E-state index contributed by atoms with van der Waals surface area (Å²) in [5.74, 6) is 1.05. The fourth-order valence-electron chi connectivity index (χ4n) is 4.63. The van der Waals surface area contributed by atoms with Crippen molar-refractivity contribution >= 4 is 34.4 Å². The van der Waals surface area contributed by atoms with Crippen molar-refractivity contribution in [3.05, 3.63) is 65.9 Å². The number of aryl methyl sites for hydroxylation is 1. The number of hydrogen-bond donors (Lipinski definition) is 3. The molecular formula is C25H29N9O2S. The van der Waals surface area contributed by atoms with Gasteiger partial charge < -0.3 is 10.6 Å². The minimum atomic E-state index is -0.253. The van der Waals surface area contributed by atoms with Gasteiger partial charge in [-0.3, -0.25) is 24.7 Å². The highest BCUT2D eigenvalue weighted by atomic mass is 32.2. The van der Waals surface area contributed by atoms with E-state index in [0.29, 0.717) is 23.3 Å². The number of hydrazone groups is 1. The molecule has 0 saturated heterocycles. The fourth-order valence-corrected chi connectivity index (χ4v) is 5.68. The molecule has 3 atom stereocenters. The number of carbonyl (C=O) groups is 2. The third-order valence-electron chi connectivity index (χ3n) is 6.38. The van der Waals surface area contributed by atoms with Crippen molar-refractivity contribution in [1.29, 1.82) is 0 Å². The van der Waals surface area contributed by atoms with Crippen LogP contribution in [-0.2, 0) is 35.9 Å². The molecule has 11 nitrogen and oxygen atoms in total. The highest BCUT2D eigenvalue weighted by Gasteiger charge is 2.33. The topological polar surface area (TPSA) is 139 Å². The number of rotatable bonds is 9. The van der Waals surface area contributed by atoms with Crippen molar-refractivity contribution in [1.82, 2.24) is 35.7 Å². The van der Waals surface area contributed by atoms with Crippen LogP contribution in [0.25, 0.3) is 0 Å². The number of pyridine rings is 1. The first-order valence-electron chi connectivity index (χ1n) is 12.3. The third-order valence-corrected chi connectivity index (χ3v) is 7.50. The summed E-state index contributed by atoms with van der Waals surface area (Å²) in [4.78, 5) is 28.7. The van der Waals surface area contributed by atoms with E-state index in [1.165, 1.54) is 0 Å². The second-order valence-corrected chi connectivity index (χ2v) is 10.5. The number of carbonyl (C=O) groups excluding carboxylic acids is 2. The number of nitrogens with zero attached hydrogens (tertiary/aromatic N) is 6. The number of aromatic nitrogens is 5. The van der Waals surface area contributed by atoms with E-state index in [-0.39, 0.29) is 30.2 Å². The average molecular weight is 520 g/mol. The van der Waals surface area contributed by atoms with E-state index >= 15 is 0 Å². The maximum atomic E-state index is 12.3. The van der Waals surface area contributed by atoms with Crippen LogP contribution in [0.1, 0.15) is 36.3 Å². The SMILES string of the molecule is Cn1ccc(CC(=O)NC2NN=C([C@H]3CC[C@@H](Cc4ccc(NC(=O)Cc5ccccn5)nn4)C3)S2)n1. The first kappa shape index (κ1) is 24.9.